The fourth-order valence-electron chi connectivity index (χ4n) is 2.63. The summed E-state index contributed by atoms with van der Waals surface area (Å²) in [5, 5.41) is 15.6. The molecule has 0 aliphatic carbocycles. The summed E-state index contributed by atoms with van der Waals surface area (Å²) in [6.07, 6.45) is 1.07. The van der Waals surface area contributed by atoms with Gasteiger partial charge >= 0.3 is 0 Å². The first-order valence-corrected chi connectivity index (χ1v) is 9.63. The molecular formula is C19H23N3O3S. The van der Waals surface area contributed by atoms with Crippen molar-refractivity contribution in [3.05, 3.63) is 40.4 Å². The van der Waals surface area contributed by atoms with E-state index in [2.05, 4.69) is 16.7 Å². The van der Waals surface area contributed by atoms with Gasteiger partial charge in [-0.3, -0.25) is 9.59 Å². The minimum Gasteiger partial charge on any atom is -0.494 e. The largest absolute Gasteiger partial charge is 0.494 e. The number of nitriles is 1. The minimum atomic E-state index is -0.314. The van der Waals surface area contributed by atoms with Crippen LogP contribution in [0.15, 0.2) is 34.9 Å². The van der Waals surface area contributed by atoms with Gasteiger partial charge in [0, 0.05) is 18.9 Å². The van der Waals surface area contributed by atoms with Crippen LogP contribution in [-0.4, -0.2) is 30.7 Å². The molecule has 26 heavy (non-hydrogen) atoms. The van der Waals surface area contributed by atoms with Gasteiger partial charge in [0.25, 0.3) is 0 Å². The third-order valence-electron chi connectivity index (χ3n) is 3.87. The Morgan fingerprint density at radius 3 is 2.73 bits per heavy atom. The molecule has 6 nitrogen and oxygen atoms in total. The van der Waals surface area contributed by atoms with Gasteiger partial charge in [0.1, 0.15) is 5.75 Å². The molecule has 1 aromatic rings. The van der Waals surface area contributed by atoms with Crippen LogP contribution in [-0.2, 0) is 9.59 Å². The molecule has 1 aliphatic heterocycles. The number of ether oxygens (including phenoxy) is 1. The Kier molecular flexibility index (Phi) is 7.54. The highest BCUT2D eigenvalue weighted by molar-refractivity contribution is 8.03. The average Bonchev–Trinajstić information content (AvgIpc) is 2.65. The van der Waals surface area contributed by atoms with Gasteiger partial charge in [-0.05, 0) is 31.0 Å². The molecule has 0 radical (unpaired) electrons. The van der Waals surface area contributed by atoms with Crippen molar-refractivity contribution in [2.24, 2.45) is 0 Å². The van der Waals surface area contributed by atoms with Crippen molar-refractivity contribution < 1.29 is 14.3 Å². The number of nitrogens with one attached hydrogen (secondary N) is 2. The predicted molar refractivity (Wildman–Crippen MR) is 102 cm³/mol. The number of thioether (sulfide) groups is 1. The van der Waals surface area contributed by atoms with Crippen molar-refractivity contribution in [2.75, 3.05) is 18.9 Å². The molecule has 138 valence electrons. The van der Waals surface area contributed by atoms with Gasteiger partial charge < -0.3 is 15.4 Å². The van der Waals surface area contributed by atoms with E-state index in [4.69, 9.17) is 4.74 Å². The summed E-state index contributed by atoms with van der Waals surface area (Å²) >= 11 is 1.19. The first kappa shape index (κ1) is 19.9. The van der Waals surface area contributed by atoms with Crippen molar-refractivity contribution in [1.29, 1.82) is 5.26 Å². The molecule has 0 bridgehead atoms. The van der Waals surface area contributed by atoms with Crippen LogP contribution in [0.4, 0.5) is 0 Å². The van der Waals surface area contributed by atoms with E-state index in [9.17, 15) is 14.9 Å². The summed E-state index contributed by atoms with van der Waals surface area (Å²) in [7, 11) is 0. The molecule has 0 aromatic heterocycles. The second kappa shape index (κ2) is 9.88. The molecule has 0 fully saturated rings. The quantitative estimate of drug-likeness (QED) is 0.731. The number of benzene rings is 1. The molecule has 7 heteroatoms. The summed E-state index contributed by atoms with van der Waals surface area (Å²) in [5.41, 5.74) is 1.37. The Balaban J connectivity index is 2.18. The normalized spacial score (nSPS) is 16.7. The van der Waals surface area contributed by atoms with E-state index >= 15 is 0 Å². The zero-order chi connectivity index (χ0) is 18.9. The lowest BCUT2D eigenvalue weighted by molar-refractivity contribution is -0.121. The molecule has 0 saturated heterocycles. The van der Waals surface area contributed by atoms with Crippen LogP contribution < -0.4 is 15.4 Å². The van der Waals surface area contributed by atoms with Crippen molar-refractivity contribution in [1.82, 2.24) is 10.6 Å². The first-order valence-electron chi connectivity index (χ1n) is 8.65. The third-order valence-corrected chi connectivity index (χ3v) is 4.89. The molecule has 2 amide bonds. The van der Waals surface area contributed by atoms with Gasteiger partial charge in [0.2, 0.25) is 11.8 Å². The van der Waals surface area contributed by atoms with Gasteiger partial charge in [-0.15, -0.1) is 0 Å². The highest BCUT2D eigenvalue weighted by Gasteiger charge is 2.29. The summed E-state index contributed by atoms with van der Waals surface area (Å²) in [5.74, 6) is 0.335. The van der Waals surface area contributed by atoms with Gasteiger partial charge in [-0.1, -0.05) is 30.8 Å². The van der Waals surface area contributed by atoms with E-state index in [-0.39, 0.29) is 29.9 Å². The van der Waals surface area contributed by atoms with E-state index in [0.29, 0.717) is 23.8 Å². The zero-order valence-electron chi connectivity index (χ0n) is 15.0. The number of carbonyl (C=O) groups excluding carboxylic acids is 2. The van der Waals surface area contributed by atoms with Crippen molar-refractivity contribution in [2.45, 2.75) is 32.6 Å². The molecule has 0 spiro atoms. The molecule has 0 unspecified atom stereocenters. The van der Waals surface area contributed by atoms with Crippen LogP contribution in [0.3, 0.4) is 0 Å². The van der Waals surface area contributed by atoms with E-state index in [0.717, 1.165) is 17.7 Å². The van der Waals surface area contributed by atoms with E-state index in [1.54, 1.807) is 0 Å². The zero-order valence-corrected chi connectivity index (χ0v) is 15.8. The fraction of sp³-hybridized carbons (Fsp3) is 0.421. The second-order valence-corrected chi connectivity index (χ2v) is 6.79. The van der Waals surface area contributed by atoms with Gasteiger partial charge in [-0.25, -0.2) is 0 Å². The topological polar surface area (TPSA) is 91.2 Å². The monoisotopic (exact) mass is 373 g/mol. The summed E-state index contributed by atoms with van der Waals surface area (Å²) < 4.78 is 5.44. The van der Waals surface area contributed by atoms with Crippen LogP contribution in [0.1, 0.15) is 38.2 Å². The van der Waals surface area contributed by atoms with E-state index in [1.807, 2.05) is 38.1 Å². The Hall–Kier alpha value is -2.46. The molecule has 0 saturated carbocycles. The molecule has 1 aliphatic rings. The second-order valence-electron chi connectivity index (χ2n) is 5.80. The summed E-state index contributed by atoms with van der Waals surface area (Å²) in [6, 6.07) is 9.64. The Morgan fingerprint density at radius 2 is 2.12 bits per heavy atom. The number of rotatable bonds is 8. The first-order chi connectivity index (χ1) is 12.6. The molecule has 1 aromatic carbocycles. The van der Waals surface area contributed by atoms with E-state index in [1.165, 1.54) is 11.8 Å². The number of allylic oxidation sites excluding steroid dienone is 1. The van der Waals surface area contributed by atoms with Crippen LogP contribution in [0, 0.1) is 11.3 Å². The Labute approximate surface area is 158 Å². The van der Waals surface area contributed by atoms with Gasteiger partial charge in [0.05, 0.1) is 29.0 Å². The van der Waals surface area contributed by atoms with Crippen LogP contribution in [0.2, 0.25) is 0 Å². The Morgan fingerprint density at radius 1 is 1.38 bits per heavy atom. The van der Waals surface area contributed by atoms with Crippen LogP contribution in [0.5, 0.6) is 5.75 Å². The smallest absolute Gasteiger partial charge is 0.230 e. The number of hydrogen-bond donors (Lipinski definition) is 2. The number of nitrogens with zero attached hydrogens (tertiary/aromatic N) is 1. The number of hydrogen-bond acceptors (Lipinski definition) is 5. The molecule has 2 N–H and O–H groups in total. The lowest BCUT2D eigenvalue weighted by atomic mass is 9.87. The van der Waals surface area contributed by atoms with E-state index < -0.39 is 0 Å². The van der Waals surface area contributed by atoms with Crippen molar-refractivity contribution >= 4 is 23.6 Å². The minimum absolute atomic E-state index is 0.112. The van der Waals surface area contributed by atoms with Crippen LogP contribution in [0.25, 0.3) is 0 Å². The molecule has 1 atom stereocenters. The SMILES string of the molecule is CCCNC(=O)CSC1=C(C#N)[C@@H](c2ccc(OCC)cc2)CC(=O)N1. The molecule has 2 rings (SSSR count). The third kappa shape index (κ3) is 5.27. The lowest BCUT2D eigenvalue weighted by Crippen LogP contribution is -2.32. The number of amides is 2. The highest BCUT2D eigenvalue weighted by Crippen LogP contribution is 2.36. The van der Waals surface area contributed by atoms with Gasteiger partial charge in [0.15, 0.2) is 0 Å². The standard InChI is InChI=1S/C19H23N3O3S/c1-3-9-21-18(24)12-26-19-16(11-20)15(10-17(23)22-19)13-5-7-14(8-6-13)25-4-2/h5-8,15H,3-4,9-10,12H2,1-2H3,(H,21,24)(H,22,23)/t15-/m1/s1. The van der Waals surface area contributed by atoms with Crippen molar-refractivity contribution in [3.63, 3.8) is 0 Å². The van der Waals surface area contributed by atoms with Crippen molar-refractivity contribution in [3.8, 4) is 11.8 Å². The maximum Gasteiger partial charge on any atom is 0.230 e. The predicted octanol–water partition coefficient (Wildman–Crippen LogP) is 2.68. The maximum atomic E-state index is 12.1. The molecule has 1 heterocycles. The summed E-state index contributed by atoms with van der Waals surface area (Å²) in [6.45, 7) is 5.09. The average molecular weight is 373 g/mol. The highest BCUT2D eigenvalue weighted by atomic mass is 32.2. The van der Waals surface area contributed by atoms with Gasteiger partial charge in [-0.2, -0.15) is 5.26 Å². The van der Waals surface area contributed by atoms with Crippen LogP contribution >= 0.6 is 11.8 Å². The lowest BCUT2D eigenvalue weighted by Gasteiger charge is -2.25. The Bertz CT molecular complexity index is 723. The number of carbonyl (C=O) groups is 2. The molecular weight excluding hydrogens is 350 g/mol. The maximum absolute atomic E-state index is 12.1. The summed E-state index contributed by atoms with van der Waals surface area (Å²) in [4.78, 5) is 23.9. The fourth-order valence-corrected chi connectivity index (χ4v) is 3.54.